The fraction of sp³-hybridized carbons (Fsp3) is 0.722. The predicted octanol–water partition coefficient (Wildman–Crippen LogP) is -3.88. The van der Waals surface area contributed by atoms with Gasteiger partial charge in [0.25, 0.3) is 5.91 Å². The zero-order valence-electron chi connectivity index (χ0n) is 17.1. The van der Waals surface area contributed by atoms with Crippen LogP contribution in [0, 0.1) is 5.41 Å². The van der Waals surface area contributed by atoms with Crippen molar-refractivity contribution in [2.24, 2.45) is 16.9 Å². The number of hydrogen-bond acceptors (Lipinski definition) is 7. The van der Waals surface area contributed by atoms with Crippen LogP contribution in [0.1, 0.15) is 27.2 Å². The summed E-state index contributed by atoms with van der Waals surface area (Å²) < 4.78 is 0. The Hall–Kier alpha value is -2.73. The third-order valence-electron chi connectivity index (χ3n) is 6.44. The van der Waals surface area contributed by atoms with Crippen molar-refractivity contribution in [3.63, 3.8) is 0 Å². The van der Waals surface area contributed by atoms with Gasteiger partial charge in [0.2, 0.25) is 23.6 Å². The Labute approximate surface area is 172 Å². The van der Waals surface area contributed by atoms with Gasteiger partial charge in [-0.05, 0) is 20.3 Å². The Bertz CT molecular complexity index is 830. The average Bonchev–Trinajstić information content (AvgIpc) is 2.99. The van der Waals surface area contributed by atoms with E-state index in [-0.39, 0.29) is 26.1 Å². The van der Waals surface area contributed by atoms with Gasteiger partial charge >= 0.3 is 0 Å². The molecule has 12 nitrogen and oxygen atoms in total. The van der Waals surface area contributed by atoms with E-state index in [1.807, 2.05) is 0 Å². The van der Waals surface area contributed by atoms with Crippen molar-refractivity contribution in [2.75, 3.05) is 19.6 Å². The molecule has 3 heterocycles. The number of β-lactam (4-membered cyclic amide) rings is 2. The maximum absolute atomic E-state index is 13.1. The lowest BCUT2D eigenvalue weighted by Crippen LogP contribution is -2.77. The first kappa shape index (κ1) is 22.0. The van der Waals surface area contributed by atoms with Crippen molar-refractivity contribution >= 4 is 29.5 Å². The van der Waals surface area contributed by atoms with Crippen LogP contribution in [0.3, 0.4) is 0 Å². The van der Waals surface area contributed by atoms with Crippen LogP contribution in [0.5, 0.6) is 0 Å². The molecule has 5 amide bonds. The van der Waals surface area contributed by atoms with Crippen molar-refractivity contribution in [2.45, 2.75) is 57.0 Å². The number of aliphatic hydroxyl groups is 2. The Kier molecular flexibility index (Phi) is 5.06. The highest BCUT2D eigenvalue weighted by Gasteiger charge is 2.72. The van der Waals surface area contributed by atoms with Crippen molar-refractivity contribution in [1.29, 1.82) is 0 Å². The van der Waals surface area contributed by atoms with Gasteiger partial charge in [0, 0.05) is 20.0 Å². The molecule has 166 valence electrons. The number of primary amides is 2. The molecule has 2 spiro atoms. The van der Waals surface area contributed by atoms with Crippen LogP contribution in [0.2, 0.25) is 0 Å². The van der Waals surface area contributed by atoms with Crippen LogP contribution >= 0.6 is 0 Å². The van der Waals surface area contributed by atoms with Crippen LogP contribution in [0.15, 0.2) is 0 Å². The van der Waals surface area contributed by atoms with Crippen molar-refractivity contribution < 1.29 is 34.2 Å². The summed E-state index contributed by atoms with van der Waals surface area (Å²) in [5.74, 6) is -3.17. The summed E-state index contributed by atoms with van der Waals surface area (Å²) in [4.78, 5) is 65.3. The molecule has 3 rings (SSSR count). The van der Waals surface area contributed by atoms with Crippen molar-refractivity contribution in [3.05, 3.63) is 0 Å². The molecule has 0 radical (unpaired) electrons. The maximum atomic E-state index is 13.1. The number of hydrogen-bond donors (Lipinski definition) is 4. The first-order valence-corrected chi connectivity index (χ1v) is 9.64. The van der Waals surface area contributed by atoms with E-state index < -0.39 is 64.8 Å². The average molecular weight is 425 g/mol. The zero-order chi connectivity index (χ0) is 22.8. The summed E-state index contributed by atoms with van der Waals surface area (Å²) in [5, 5.41) is 19.7. The molecule has 6 atom stereocenters. The number of aliphatic hydroxyl groups excluding tert-OH is 2. The van der Waals surface area contributed by atoms with Crippen molar-refractivity contribution in [1.82, 2.24) is 14.7 Å². The topological polar surface area (TPSA) is 188 Å². The van der Waals surface area contributed by atoms with Crippen LogP contribution in [0.4, 0.5) is 0 Å². The third kappa shape index (κ3) is 2.85. The van der Waals surface area contributed by atoms with E-state index in [4.69, 9.17) is 11.5 Å². The molecule has 0 bridgehead atoms. The quantitative estimate of drug-likeness (QED) is 0.313. The van der Waals surface area contributed by atoms with Crippen LogP contribution in [0.25, 0.3) is 0 Å². The summed E-state index contributed by atoms with van der Waals surface area (Å²) in [5.41, 5.74) is 8.22. The monoisotopic (exact) mass is 425 g/mol. The lowest BCUT2D eigenvalue weighted by atomic mass is 9.70. The second-order valence-electron chi connectivity index (χ2n) is 8.64. The molecular formula is C18H27N5O7. The lowest BCUT2D eigenvalue weighted by Gasteiger charge is -2.54. The number of carbonyl (C=O) groups excluding carboxylic acids is 5. The molecule has 3 aliphatic rings. The number of nitrogens with two attached hydrogens (primary N) is 2. The third-order valence-corrected chi connectivity index (χ3v) is 6.44. The van der Waals surface area contributed by atoms with E-state index in [1.54, 1.807) is 0 Å². The highest BCUT2D eigenvalue weighted by Crippen LogP contribution is 2.53. The predicted molar refractivity (Wildman–Crippen MR) is 99.9 cm³/mol. The molecule has 6 N–H and O–H groups in total. The highest BCUT2D eigenvalue weighted by molar-refractivity contribution is 6.03. The second-order valence-corrected chi connectivity index (χ2v) is 8.64. The second kappa shape index (κ2) is 6.91. The van der Waals surface area contributed by atoms with Gasteiger partial charge in [0.1, 0.15) is 17.6 Å². The molecule has 30 heavy (non-hydrogen) atoms. The normalized spacial score (nSPS) is 32.0. The molecule has 0 saturated carbocycles. The fourth-order valence-corrected chi connectivity index (χ4v) is 5.19. The Morgan fingerprint density at radius 3 is 1.70 bits per heavy atom. The number of likely N-dealkylation sites (tertiary alicyclic amines) is 3. The molecule has 3 fully saturated rings. The van der Waals surface area contributed by atoms with Crippen LogP contribution in [-0.4, -0.2) is 104 Å². The summed E-state index contributed by atoms with van der Waals surface area (Å²) in [6.07, 6.45) is -2.36. The van der Waals surface area contributed by atoms with E-state index in [9.17, 15) is 34.2 Å². The minimum atomic E-state index is -1.32. The molecule has 12 heteroatoms. The first-order valence-electron chi connectivity index (χ1n) is 9.64. The van der Waals surface area contributed by atoms with Crippen LogP contribution < -0.4 is 11.5 Å². The number of amides is 5. The Morgan fingerprint density at radius 1 is 0.900 bits per heavy atom. The molecule has 3 aliphatic heterocycles. The van der Waals surface area contributed by atoms with Crippen molar-refractivity contribution in [3.8, 4) is 0 Å². The minimum Gasteiger partial charge on any atom is -0.391 e. The van der Waals surface area contributed by atoms with E-state index in [1.165, 1.54) is 25.7 Å². The smallest absolute Gasteiger partial charge is 0.251 e. The number of rotatable bonds is 6. The largest absolute Gasteiger partial charge is 0.391 e. The van der Waals surface area contributed by atoms with Gasteiger partial charge in [0.15, 0.2) is 0 Å². The Morgan fingerprint density at radius 2 is 1.37 bits per heavy atom. The number of carbonyl (C=O) groups is 5. The first-order chi connectivity index (χ1) is 13.8. The highest BCUT2D eigenvalue weighted by atomic mass is 16.3. The van der Waals surface area contributed by atoms with Gasteiger partial charge in [-0.1, -0.05) is 0 Å². The SMILES string of the molecule is CC(=O)N1CC2(CN([C@H](C(N)=O)[C@@H](C)O)C2=O)CC12CN([C@H](C(N)=O)[C@@H](C)O)C2=O. The zero-order valence-corrected chi connectivity index (χ0v) is 17.1. The molecule has 3 saturated heterocycles. The van der Waals surface area contributed by atoms with Gasteiger partial charge in [0.05, 0.1) is 24.2 Å². The summed E-state index contributed by atoms with van der Waals surface area (Å²) in [6, 6.07) is -2.44. The fourth-order valence-electron chi connectivity index (χ4n) is 5.19. The van der Waals surface area contributed by atoms with Gasteiger partial charge in [-0.2, -0.15) is 0 Å². The molecule has 0 aromatic carbocycles. The summed E-state index contributed by atoms with van der Waals surface area (Å²) in [6.45, 7) is 3.94. The van der Waals surface area contributed by atoms with E-state index in [0.717, 1.165) is 9.80 Å². The summed E-state index contributed by atoms with van der Waals surface area (Å²) >= 11 is 0. The molecule has 0 aromatic heterocycles. The minimum absolute atomic E-state index is 0.0147. The van der Waals surface area contributed by atoms with Crippen LogP contribution in [-0.2, 0) is 24.0 Å². The van der Waals surface area contributed by atoms with Gasteiger partial charge in [-0.15, -0.1) is 0 Å². The standard InChI is InChI=1S/C18H27N5O7/c1-8(24)11(13(19)27)21-5-17(15(21)29)4-18(23(6-17)10(3)26)7-22(16(18)30)12(9(2)25)14(20)28/h8-9,11-12,24-25H,4-7H2,1-3H3,(H2,19,27)(H2,20,28)/t8-,9-,11+,12+,17?,18?/m1/s1. The molecule has 0 aromatic rings. The maximum Gasteiger partial charge on any atom is 0.251 e. The van der Waals surface area contributed by atoms with E-state index >= 15 is 0 Å². The van der Waals surface area contributed by atoms with Gasteiger partial charge in [-0.25, -0.2) is 0 Å². The van der Waals surface area contributed by atoms with Gasteiger partial charge in [-0.3, -0.25) is 24.0 Å². The van der Waals surface area contributed by atoms with E-state index in [0.29, 0.717) is 0 Å². The summed E-state index contributed by atoms with van der Waals surface area (Å²) in [7, 11) is 0. The molecule has 0 aliphatic carbocycles. The lowest BCUT2D eigenvalue weighted by molar-refractivity contribution is -0.177. The van der Waals surface area contributed by atoms with E-state index in [2.05, 4.69) is 0 Å². The van der Waals surface area contributed by atoms with Gasteiger partial charge < -0.3 is 36.4 Å². The Balaban J connectivity index is 1.86. The number of nitrogens with zero attached hydrogens (tertiary/aromatic N) is 3. The molecular weight excluding hydrogens is 398 g/mol. The molecule has 2 unspecified atom stereocenters.